The summed E-state index contributed by atoms with van der Waals surface area (Å²) in [5, 5.41) is 10.1. The van der Waals surface area contributed by atoms with E-state index in [0.29, 0.717) is 34.4 Å². The van der Waals surface area contributed by atoms with Crippen LogP contribution < -0.4 is 25.7 Å². The van der Waals surface area contributed by atoms with Gasteiger partial charge in [-0.25, -0.2) is 9.78 Å². The van der Waals surface area contributed by atoms with Crippen LogP contribution in [0.1, 0.15) is 5.69 Å². The Morgan fingerprint density at radius 1 is 0.970 bits per heavy atom. The van der Waals surface area contributed by atoms with Crippen LogP contribution in [0.25, 0.3) is 17.2 Å². The van der Waals surface area contributed by atoms with Crippen molar-refractivity contribution in [3.63, 3.8) is 0 Å². The Kier molecular flexibility index (Phi) is 6.07. The molecule has 0 radical (unpaired) electrons. The van der Waals surface area contributed by atoms with E-state index in [4.69, 9.17) is 9.47 Å². The molecule has 2 aromatic heterocycles. The number of benzene rings is 2. The normalized spacial score (nSPS) is 10.5. The molecule has 0 aliphatic heterocycles. The van der Waals surface area contributed by atoms with Crippen molar-refractivity contribution in [2.75, 3.05) is 24.9 Å². The number of carbonyl (C=O) groups is 1. The van der Waals surface area contributed by atoms with E-state index >= 15 is 0 Å². The van der Waals surface area contributed by atoms with Gasteiger partial charge in [0.05, 0.1) is 19.9 Å². The summed E-state index contributed by atoms with van der Waals surface area (Å²) in [5.41, 5.74) is 2.14. The number of ether oxygens (including phenoxy) is 2. The highest BCUT2D eigenvalue weighted by atomic mass is 16.5. The minimum absolute atomic E-state index is 0.184. The summed E-state index contributed by atoms with van der Waals surface area (Å²) in [6.07, 6.45) is 0. The summed E-state index contributed by atoms with van der Waals surface area (Å²) in [6.45, 7) is 1.71. The molecular weight excluding hydrogens is 424 g/mol. The van der Waals surface area contributed by atoms with E-state index in [9.17, 15) is 9.59 Å². The zero-order valence-corrected chi connectivity index (χ0v) is 18.2. The van der Waals surface area contributed by atoms with Crippen LogP contribution in [0.5, 0.6) is 11.5 Å². The number of hydrogen-bond donors (Lipinski definition) is 3. The fraction of sp³-hybridized carbons (Fsp3) is 0.130. The second-order valence-corrected chi connectivity index (χ2v) is 7.05. The van der Waals surface area contributed by atoms with Crippen LogP contribution in [-0.2, 0) is 0 Å². The van der Waals surface area contributed by atoms with Gasteiger partial charge in [0.1, 0.15) is 5.82 Å². The molecule has 10 heteroatoms. The number of H-pyrrole nitrogens is 1. The number of anilines is 2. The third-order valence-electron chi connectivity index (χ3n) is 4.72. The van der Waals surface area contributed by atoms with Crippen molar-refractivity contribution < 1.29 is 14.3 Å². The van der Waals surface area contributed by atoms with Crippen LogP contribution >= 0.6 is 0 Å². The Bertz CT molecular complexity index is 1350. The van der Waals surface area contributed by atoms with Gasteiger partial charge >= 0.3 is 6.03 Å². The minimum Gasteiger partial charge on any atom is -0.493 e. The monoisotopic (exact) mass is 446 g/mol. The van der Waals surface area contributed by atoms with E-state index in [1.807, 2.05) is 30.3 Å². The smallest absolute Gasteiger partial charge is 0.324 e. The zero-order chi connectivity index (χ0) is 23.4. The molecule has 4 aromatic rings. The number of aromatic amines is 1. The number of urea groups is 1. The predicted octanol–water partition coefficient (Wildman–Crippen LogP) is 3.59. The SMILES string of the molecule is COc1ccc(NC(=O)Nc2cc(-c3ccccc3)nn2-c2nc(C)cc(=O)[nH]2)cc1OC. The van der Waals surface area contributed by atoms with E-state index in [1.165, 1.54) is 25.0 Å². The number of nitrogens with one attached hydrogen (secondary N) is 3. The van der Waals surface area contributed by atoms with Gasteiger partial charge in [-0.15, -0.1) is 0 Å². The number of aromatic nitrogens is 4. The third-order valence-corrected chi connectivity index (χ3v) is 4.72. The molecule has 0 bridgehead atoms. The average Bonchev–Trinajstić information content (AvgIpc) is 3.22. The van der Waals surface area contributed by atoms with Crippen molar-refractivity contribution in [2.45, 2.75) is 6.92 Å². The van der Waals surface area contributed by atoms with Crippen LogP contribution in [0, 0.1) is 6.92 Å². The van der Waals surface area contributed by atoms with Crippen molar-refractivity contribution in [2.24, 2.45) is 0 Å². The Morgan fingerprint density at radius 3 is 2.42 bits per heavy atom. The summed E-state index contributed by atoms with van der Waals surface area (Å²) >= 11 is 0. The fourth-order valence-electron chi connectivity index (χ4n) is 3.24. The van der Waals surface area contributed by atoms with E-state index in [2.05, 4.69) is 25.7 Å². The van der Waals surface area contributed by atoms with Crippen molar-refractivity contribution in [1.82, 2.24) is 19.7 Å². The van der Waals surface area contributed by atoms with Gasteiger partial charge in [0.25, 0.3) is 5.56 Å². The summed E-state index contributed by atoms with van der Waals surface area (Å²) in [6, 6.07) is 17.0. The van der Waals surface area contributed by atoms with Crippen LogP contribution in [0.2, 0.25) is 0 Å². The molecule has 168 valence electrons. The number of rotatable bonds is 6. The summed E-state index contributed by atoms with van der Waals surface area (Å²) in [7, 11) is 3.05. The number of nitrogens with zero attached hydrogens (tertiary/aromatic N) is 3. The van der Waals surface area contributed by atoms with Gasteiger partial charge < -0.3 is 14.8 Å². The maximum absolute atomic E-state index is 12.8. The molecule has 0 spiro atoms. The van der Waals surface area contributed by atoms with Crippen molar-refractivity contribution in [3.8, 4) is 28.7 Å². The lowest BCUT2D eigenvalue weighted by Crippen LogP contribution is -2.22. The predicted molar refractivity (Wildman–Crippen MR) is 124 cm³/mol. The number of amides is 2. The van der Waals surface area contributed by atoms with Gasteiger partial charge in [-0.3, -0.25) is 15.1 Å². The van der Waals surface area contributed by atoms with Gasteiger partial charge in [-0.2, -0.15) is 9.78 Å². The molecule has 0 aliphatic carbocycles. The number of methoxy groups -OCH3 is 2. The molecule has 0 aliphatic rings. The first-order chi connectivity index (χ1) is 16.0. The maximum atomic E-state index is 12.8. The fourth-order valence-corrected chi connectivity index (χ4v) is 3.24. The molecule has 0 fully saturated rings. The van der Waals surface area contributed by atoms with Crippen LogP contribution in [0.15, 0.2) is 65.5 Å². The Balaban J connectivity index is 1.66. The first-order valence-corrected chi connectivity index (χ1v) is 10.0. The number of hydrogen-bond acceptors (Lipinski definition) is 6. The number of aryl methyl sites for hydroxylation is 1. The maximum Gasteiger partial charge on any atom is 0.324 e. The minimum atomic E-state index is -0.516. The van der Waals surface area contributed by atoms with Gasteiger partial charge in [0.15, 0.2) is 11.5 Å². The Labute approximate surface area is 189 Å². The zero-order valence-electron chi connectivity index (χ0n) is 18.2. The van der Waals surface area contributed by atoms with Crippen molar-refractivity contribution in [1.29, 1.82) is 0 Å². The van der Waals surface area contributed by atoms with Crippen molar-refractivity contribution in [3.05, 3.63) is 76.7 Å². The van der Waals surface area contributed by atoms with E-state index in [0.717, 1.165) is 5.56 Å². The number of carbonyl (C=O) groups excluding carboxylic acids is 1. The lowest BCUT2D eigenvalue weighted by Gasteiger charge is -2.12. The second-order valence-electron chi connectivity index (χ2n) is 7.05. The molecule has 0 saturated heterocycles. The largest absolute Gasteiger partial charge is 0.493 e. The average molecular weight is 446 g/mol. The Morgan fingerprint density at radius 2 is 1.73 bits per heavy atom. The van der Waals surface area contributed by atoms with Gasteiger partial charge in [-0.1, -0.05) is 30.3 Å². The molecule has 0 unspecified atom stereocenters. The molecule has 10 nitrogen and oxygen atoms in total. The third kappa shape index (κ3) is 4.85. The van der Waals surface area contributed by atoms with E-state index < -0.39 is 6.03 Å². The van der Waals surface area contributed by atoms with Gasteiger partial charge in [0, 0.05) is 35.1 Å². The quantitative estimate of drug-likeness (QED) is 0.416. The van der Waals surface area contributed by atoms with E-state index in [1.54, 1.807) is 31.2 Å². The summed E-state index contributed by atoms with van der Waals surface area (Å²) in [5.74, 6) is 1.53. The second kappa shape index (κ2) is 9.27. The Hall–Kier alpha value is -4.60. The lowest BCUT2D eigenvalue weighted by molar-refractivity contribution is 0.262. The van der Waals surface area contributed by atoms with Crippen LogP contribution in [-0.4, -0.2) is 40.0 Å². The highest BCUT2D eigenvalue weighted by Gasteiger charge is 2.16. The molecular formula is C23H22N6O4. The molecule has 2 aromatic carbocycles. The molecule has 2 heterocycles. The molecule has 33 heavy (non-hydrogen) atoms. The first-order valence-electron chi connectivity index (χ1n) is 10.0. The van der Waals surface area contributed by atoms with Crippen LogP contribution in [0.3, 0.4) is 0 Å². The molecule has 3 N–H and O–H groups in total. The topological polar surface area (TPSA) is 123 Å². The summed E-state index contributed by atoms with van der Waals surface area (Å²) in [4.78, 5) is 31.8. The summed E-state index contributed by atoms with van der Waals surface area (Å²) < 4.78 is 11.9. The molecule has 0 atom stereocenters. The van der Waals surface area contributed by atoms with Gasteiger partial charge in [-0.05, 0) is 19.1 Å². The molecule has 4 rings (SSSR count). The van der Waals surface area contributed by atoms with E-state index in [-0.39, 0.29) is 11.5 Å². The highest BCUT2D eigenvalue weighted by Crippen LogP contribution is 2.30. The van der Waals surface area contributed by atoms with Gasteiger partial charge in [0.2, 0.25) is 5.95 Å². The lowest BCUT2D eigenvalue weighted by atomic mass is 10.2. The van der Waals surface area contributed by atoms with Crippen LogP contribution in [0.4, 0.5) is 16.3 Å². The molecule has 2 amide bonds. The molecule has 0 saturated carbocycles. The standard InChI is InChI=1S/C23H22N6O4/c1-14-11-21(30)27-22(24-14)29-20(13-17(28-29)15-7-5-4-6-8-15)26-23(31)25-16-9-10-18(32-2)19(12-16)33-3/h4-13H,1-3H3,(H,24,27,30)(H2,25,26,31). The highest BCUT2D eigenvalue weighted by molar-refractivity contribution is 5.99. The first kappa shape index (κ1) is 21.6. The van der Waals surface area contributed by atoms with Crippen molar-refractivity contribution >= 4 is 17.5 Å².